The number of carbonyl (C=O) groups is 2. The molecule has 0 bridgehead atoms. The summed E-state index contributed by atoms with van der Waals surface area (Å²) in [5.41, 5.74) is 1.47. The number of morpholine rings is 1. The number of para-hydroxylation sites is 1. The third-order valence-electron chi connectivity index (χ3n) is 6.34. The molecule has 0 saturated carbocycles. The maximum Gasteiger partial charge on any atom is 0.234 e. The van der Waals surface area contributed by atoms with Crippen molar-refractivity contribution in [1.82, 2.24) is 9.88 Å². The van der Waals surface area contributed by atoms with Crippen molar-refractivity contribution >= 4 is 44.2 Å². The summed E-state index contributed by atoms with van der Waals surface area (Å²) in [5, 5.41) is 0.554. The minimum Gasteiger partial charge on any atom is -0.379 e. The largest absolute Gasteiger partial charge is 0.379 e. The maximum atomic E-state index is 13.7. The maximum absolute atomic E-state index is 13.7. The molecule has 1 unspecified atom stereocenters. The lowest BCUT2D eigenvalue weighted by atomic mass is 10.1. The average Bonchev–Trinajstić information content (AvgIpc) is 3.45. The molecule has 3 aromatic rings. The predicted octanol–water partition coefficient (Wildman–Crippen LogP) is 3.54. The molecule has 0 N–H and O–H groups in total. The molecule has 0 radical (unpaired) electrons. The van der Waals surface area contributed by atoms with Crippen molar-refractivity contribution in [3.8, 4) is 0 Å². The molecule has 9 heteroatoms. The van der Waals surface area contributed by atoms with Gasteiger partial charge in [0.15, 0.2) is 5.13 Å². The molecule has 2 saturated heterocycles. The van der Waals surface area contributed by atoms with E-state index in [2.05, 4.69) is 9.88 Å². The number of anilines is 2. The molecule has 2 aliphatic rings. The summed E-state index contributed by atoms with van der Waals surface area (Å²) in [6, 6.07) is 13.9. The zero-order valence-electron chi connectivity index (χ0n) is 18.9. The fourth-order valence-electron chi connectivity index (χ4n) is 4.53. The van der Waals surface area contributed by atoms with Crippen molar-refractivity contribution in [2.75, 3.05) is 55.7 Å². The van der Waals surface area contributed by atoms with Gasteiger partial charge in [0.05, 0.1) is 29.3 Å². The summed E-state index contributed by atoms with van der Waals surface area (Å²) in [5.74, 6) is -0.926. The van der Waals surface area contributed by atoms with E-state index in [0.29, 0.717) is 28.4 Å². The van der Waals surface area contributed by atoms with Gasteiger partial charge in [-0.05, 0) is 36.8 Å². The Kier molecular flexibility index (Phi) is 6.85. The Morgan fingerprint density at radius 1 is 1.18 bits per heavy atom. The molecule has 2 fully saturated rings. The number of aromatic nitrogens is 1. The molecule has 178 valence electrons. The van der Waals surface area contributed by atoms with Crippen molar-refractivity contribution in [3.63, 3.8) is 0 Å². The van der Waals surface area contributed by atoms with Crippen LogP contribution in [0.25, 0.3) is 10.2 Å². The Morgan fingerprint density at radius 2 is 1.97 bits per heavy atom. The van der Waals surface area contributed by atoms with E-state index < -0.39 is 5.92 Å². The second-order valence-electron chi connectivity index (χ2n) is 8.65. The minimum absolute atomic E-state index is 0.0517. The van der Waals surface area contributed by atoms with E-state index in [0.717, 1.165) is 45.0 Å². The van der Waals surface area contributed by atoms with Crippen molar-refractivity contribution in [2.45, 2.75) is 12.8 Å². The molecule has 2 amide bonds. The highest BCUT2D eigenvalue weighted by Gasteiger charge is 2.38. The van der Waals surface area contributed by atoms with Crippen LogP contribution in [0.15, 0.2) is 48.5 Å². The van der Waals surface area contributed by atoms with Crippen LogP contribution in [-0.2, 0) is 14.3 Å². The number of nitrogens with zero attached hydrogens (tertiary/aromatic N) is 4. The average molecular weight is 483 g/mol. The van der Waals surface area contributed by atoms with Crippen molar-refractivity contribution in [2.24, 2.45) is 5.92 Å². The second kappa shape index (κ2) is 10.2. The van der Waals surface area contributed by atoms with Gasteiger partial charge in [-0.3, -0.25) is 19.4 Å². The van der Waals surface area contributed by atoms with E-state index in [9.17, 15) is 14.0 Å². The first-order valence-corrected chi connectivity index (χ1v) is 12.4. The molecular formula is C25H27FN4O3S. The number of thiazole rings is 1. The van der Waals surface area contributed by atoms with Gasteiger partial charge in [-0.2, -0.15) is 0 Å². The van der Waals surface area contributed by atoms with Gasteiger partial charge in [0.2, 0.25) is 11.8 Å². The number of ether oxygens (including phenoxy) is 1. The number of halogens is 1. The van der Waals surface area contributed by atoms with E-state index in [1.54, 1.807) is 15.9 Å². The van der Waals surface area contributed by atoms with Crippen molar-refractivity contribution in [1.29, 1.82) is 0 Å². The fraction of sp³-hybridized carbons (Fsp3) is 0.400. The number of amides is 2. The molecule has 5 rings (SSSR count). The normalized spacial score (nSPS) is 19.1. The summed E-state index contributed by atoms with van der Waals surface area (Å²) in [6.07, 6.45) is 0.951. The Labute approximate surface area is 201 Å². The molecule has 1 atom stereocenters. The van der Waals surface area contributed by atoms with Gasteiger partial charge in [-0.1, -0.05) is 29.5 Å². The number of carbonyl (C=O) groups excluding carboxylic acids is 2. The summed E-state index contributed by atoms with van der Waals surface area (Å²) in [7, 11) is 0. The first-order valence-electron chi connectivity index (χ1n) is 11.6. The molecule has 7 nitrogen and oxygen atoms in total. The first kappa shape index (κ1) is 22.9. The zero-order valence-corrected chi connectivity index (χ0v) is 19.7. The van der Waals surface area contributed by atoms with Crippen LogP contribution in [0.2, 0.25) is 0 Å². The Balaban J connectivity index is 1.35. The summed E-state index contributed by atoms with van der Waals surface area (Å²) >= 11 is 1.31. The SMILES string of the molecule is O=C1CC(C(=O)N(CCCN2CCOCC2)c2nc3ccc(F)cc3s2)CN1c1ccccc1. The summed E-state index contributed by atoms with van der Waals surface area (Å²) in [4.78, 5) is 36.8. The fourth-order valence-corrected chi connectivity index (χ4v) is 5.55. The quantitative estimate of drug-likeness (QED) is 0.515. The number of fused-ring (bicyclic) bond motifs is 1. The van der Waals surface area contributed by atoms with Gasteiger partial charge in [0.25, 0.3) is 0 Å². The van der Waals surface area contributed by atoms with Crippen molar-refractivity contribution in [3.05, 3.63) is 54.3 Å². The Morgan fingerprint density at radius 3 is 2.76 bits per heavy atom. The second-order valence-corrected chi connectivity index (χ2v) is 9.66. The predicted molar refractivity (Wildman–Crippen MR) is 131 cm³/mol. The highest BCUT2D eigenvalue weighted by Crippen LogP contribution is 2.33. The molecule has 2 aliphatic heterocycles. The summed E-state index contributed by atoms with van der Waals surface area (Å²) < 4.78 is 19.9. The van der Waals surface area contributed by atoms with Gasteiger partial charge < -0.3 is 9.64 Å². The third kappa shape index (κ3) is 4.96. The van der Waals surface area contributed by atoms with Crippen molar-refractivity contribution < 1.29 is 18.7 Å². The molecule has 34 heavy (non-hydrogen) atoms. The van der Waals surface area contributed by atoms with Crippen LogP contribution < -0.4 is 9.80 Å². The van der Waals surface area contributed by atoms with Crippen LogP contribution >= 0.6 is 11.3 Å². The Bertz CT molecular complexity index is 1170. The molecule has 3 heterocycles. The topological polar surface area (TPSA) is 66.0 Å². The number of rotatable bonds is 7. The zero-order chi connectivity index (χ0) is 23.5. The monoisotopic (exact) mass is 482 g/mol. The van der Waals surface area contributed by atoms with Gasteiger partial charge in [0.1, 0.15) is 5.82 Å². The van der Waals surface area contributed by atoms with Crippen LogP contribution in [0.5, 0.6) is 0 Å². The summed E-state index contributed by atoms with van der Waals surface area (Å²) in [6.45, 7) is 4.92. The van der Waals surface area contributed by atoms with E-state index in [-0.39, 0.29) is 24.1 Å². The minimum atomic E-state index is -0.445. The lowest BCUT2D eigenvalue weighted by Crippen LogP contribution is -2.41. The van der Waals surface area contributed by atoms with Gasteiger partial charge in [-0.25, -0.2) is 9.37 Å². The highest BCUT2D eigenvalue weighted by molar-refractivity contribution is 7.22. The van der Waals surface area contributed by atoms with Crippen LogP contribution in [0.4, 0.5) is 15.2 Å². The first-order chi connectivity index (χ1) is 16.6. The molecule has 1 aromatic heterocycles. The smallest absolute Gasteiger partial charge is 0.234 e. The molecule has 0 spiro atoms. The van der Waals surface area contributed by atoms with E-state index in [4.69, 9.17) is 4.74 Å². The third-order valence-corrected chi connectivity index (χ3v) is 7.38. The van der Waals surface area contributed by atoms with Gasteiger partial charge in [0, 0.05) is 44.8 Å². The van der Waals surface area contributed by atoms with E-state index in [1.807, 2.05) is 30.3 Å². The Hall–Kier alpha value is -2.88. The molecular weight excluding hydrogens is 455 g/mol. The lowest BCUT2D eigenvalue weighted by molar-refractivity contribution is -0.124. The van der Waals surface area contributed by atoms with Crippen LogP contribution in [-0.4, -0.2) is 67.6 Å². The van der Waals surface area contributed by atoms with Crippen LogP contribution in [0.3, 0.4) is 0 Å². The number of hydrogen-bond acceptors (Lipinski definition) is 6. The van der Waals surface area contributed by atoms with E-state index >= 15 is 0 Å². The standard InChI is InChI=1S/C25H27FN4O3S/c26-19-7-8-21-22(16-19)34-25(27-21)29(10-4-9-28-11-13-33-14-12-28)24(32)18-15-23(31)30(17-18)20-5-2-1-3-6-20/h1-3,5-8,16,18H,4,9-15,17H2. The van der Waals surface area contributed by atoms with Crippen LogP contribution in [0, 0.1) is 11.7 Å². The molecule has 0 aliphatic carbocycles. The van der Waals surface area contributed by atoms with Gasteiger partial charge in [-0.15, -0.1) is 0 Å². The lowest BCUT2D eigenvalue weighted by Gasteiger charge is -2.28. The van der Waals surface area contributed by atoms with E-state index in [1.165, 1.54) is 23.5 Å². The number of benzene rings is 2. The van der Waals surface area contributed by atoms with Crippen LogP contribution in [0.1, 0.15) is 12.8 Å². The molecule has 2 aromatic carbocycles. The number of hydrogen-bond donors (Lipinski definition) is 0. The highest BCUT2D eigenvalue weighted by atomic mass is 32.1. The van der Waals surface area contributed by atoms with Gasteiger partial charge >= 0.3 is 0 Å².